The number of nitrogens with one attached hydrogen (secondary N) is 1. The van der Waals surface area contributed by atoms with Crippen molar-refractivity contribution in [3.05, 3.63) is 29.8 Å². The van der Waals surface area contributed by atoms with Gasteiger partial charge in [-0.05, 0) is 31.0 Å². The van der Waals surface area contributed by atoms with Gasteiger partial charge in [-0.1, -0.05) is 12.1 Å². The van der Waals surface area contributed by atoms with Gasteiger partial charge in [-0.3, -0.25) is 9.59 Å². The second-order valence-electron chi connectivity index (χ2n) is 4.31. The molecule has 1 atom stereocenters. The van der Waals surface area contributed by atoms with E-state index in [1.807, 2.05) is 31.2 Å². The molecule has 1 unspecified atom stereocenters. The largest absolute Gasteiger partial charge is 0.497 e. The Morgan fingerprint density at radius 3 is 2.42 bits per heavy atom. The van der Waals surface area contributed by atoms with Gasteiger partial charge in [0.25, 0.3) is 0 Å². The summed E-state index contributed by atoms with van der Waals surface area (Å²) < 4.78 is 5.06. The minimum atomic E-state index is -0.879. The van der Waals surface area contributed by atoms with E-state index in [1.54, 1.807) is 7.11 Å². The summed E-state index contributed by atoms with van der Waals surface area (Å²) in [6.45, 7) is 1.89. The maximum Gasteiger partial charge on any atom is 0.303 e. The molecule has 2 N–H and O–H groups in total. The van der Waals surface area contributed by atoms with Crippen molar-refractivity contribution in [3.63, 3.8) is 0 Å². The number of methoxy groups -OCH3 is 1. The minimum absolute atomic E-state index is 0.0182. The van der Waals surface area contributed by atoms with Gasteiger partial charge in [-0.15, -0.1) is 0 Å². The maximum atomic E-state index is 11.6. The van der Waals surface area contributed by atoms with Gasteiger partial charge >= 0.3 is 5.97 Å². The predicted octanol–water partition coefficient (Wildman–Crippen LogP) is 2.13. The van der Waals surface area contributed by atoms with Crippen LogP contribution in [0.2, 0.25) is 0 Å². The third-order valence-corrected chi connectivity index (χ3v) is 2.79. The third kappa shape index (κ3) is 5.42. The zero-order valence-electron chi connectivity index (χ0n) is 11.2. The predicted molar refractivity (Wildman–Crippen MR) is 71.0 cm³/mol. The Morgan fingerprint density at radius 2 is 1.89 bits per heavy atom. The number of aliphatic carboxylic acids is 1. The number of carboxylic acid groups (broad SMARTS) is 1. The SMILES string of the molecule is COc1ccc(C(C)NC(=O)CCCC(=O)O)cc1. The highest BCUT2D eigenvalue weighted by Crippen LogP contribution is 2.17. The monoisotopic (exact) mass is 265 g/mol. The molecule has 0 saturated heterocycles. The Labute approximate surface area is 112 Å². The standard InChI is InChI=1S/C14H19NO4/c1-10(11-6-8-12(19-2)9-7-11)15-13(16)4-3-5-14(17)18/h6-10H,3-5H2,1-2H3,(H,15,16)(H,17,18). The molecular formula is C14H19NO4. The summed E-state index contributed by atoms with van der Waals surface area (Å²) in [4.78, 5) is 21.9. The molecule has 0 aliphatic carbocycles. The van der Waals surface area contributed by atoms with E-state index in [4.69, 9.17) is 9.84 Å². The third-order valence-electron chi connectivity index (χ3n) is 2.79. The number of amides is 1. The molecule has 0 spiro atoms. The second kappa shape index (κ2) is 7.41. The average Bonchev–Trinajstić information content (AvgIpc) is 2.38. The van der Waals surface area contributed by atoms with Crippen LogP contribution in [-0.4, -0.2) is 24.1 Å². The number of carboxylic acids is 1. The fraction of sp³-hybridized carbons (Fsp3) is 0.429. The average molecular weight is 265 g/mol. The molecule has 1 rings (SSSR count). The molecule has 0 heterocycles. The molecule has 104 valence electrons. The number of carbonyl (C=O) groups excluding carboxylic acids is 1. The lowest BCUT2D eigenvalue weighted by atomic mass is 10.1. The van der Waals surface area contributed by atoms with Crippen LogP contribution in [0.4, 0.5) is 0 Å². The van der Waals surface area contributed by atoms with Crippen molar-refractivity contribution < 1.29 is 19.4 Å². The van der Waals surface area contributed by atoms with Gasteiger partial charge in [0.2, 0.25) is 5.91 Å². The summed E-state index contributed by atoms with van der Waals surface area (Å²) >= 11 is 0. The molecule has 5 heteroatoms. The van der Waals surface area contributed by atoms with Crippen LogP contribution in [0.25, 0.3) is 0 Å². The molecule has 0 saturated carbocycles. The molecule has 5 nitrogen and oxygen atoms in total. The molecular weight excluding hydrogens is 246 g/mol. The van der Waals surface area contributed by atoms with Crippen molar-refractivity contribution in [2.24, 2.45) is 0 Å². The zero-order chi connectivity index (χ0) is 14.3. The van der Waals surface area contributed by atoms with E-state index < -0.39 is 5.97 Å². The van der Waals surface area contributed by atoms with Gasteiger partial charge < -0.3 is 15.2 Å². The van der Waals surface area contributed by atoms with Crippen molar-refractivity contribution >= 4 is 11.9 Å². The van der Waals surface area contributed by atoms with E-state index in [0.29, 0.717) is 6.42 Å². The van der Waals surface area contributed by atoms with Crippen LogP contribution in [0.15, 0.2) is 24.3 Å². The lowest BCUT2D eigenvalue weighted by molar-refractivity contribution is -0.137. The van der Waals surface area contributed by atoms with E-state index >= 15 is 0 Å². The first-order chi connectivity index (χ1) is 9.02. The van der Waals surface area contributed by atoms with Crippen LogP contribution in [-0.2, 0) is 9.59 Å². The normalized spacial score (nSPS) is 11.7. The van der Waals surface area contributed by atoms with Gasteiger partial charge in [0.15, 0.2) is 0 Å². The van der Waals surface area contributed by atoms with E-state index in [-0.39, 0.29) is 24.8 Å². The van der Waals surface area contributed by atoms with Gasteiger partial charge in [0, 0.05) is 12.8 Å². The molecule has 0 aromatic heterocycles. The Bertz CT molecular complexity index is 428. The summed E-state index contributed by atoms with van der Waals surface area (Å²) in [7, 11) is 1.60. The van der Waals surface area contributed by atoms with Crippen molar-refractivity contribution in [1.29, 1.82) is 0 Å². The molecule has 0 aliphatic rings. The smallest absolute Gasteiger partial charge is 0.303 e. The minimum Gasteiger partial charge on any atom is -0.497 e. The van der Waals surface area contributed by atoms with Crippen LogP contribution in [0.5, 0.6) is 5.75 Å². The molecule has 19 heavy (non-hydrogen) atoms. The maximum absolute atomic E-state index is 11.6. The van der Waals surface area contributed by atoms with Gasteiger partial charge in [0.1, 0.15) is 5.75 Å². The highest BCUT2D eigenvalue weighted by molar-refractivity contribution is 5.77. The summed E-state index contributed by atoms with van der Waals surface area (Å²) in [5.74, 6) is -0.246. The van der Waals surface area contributed by atoms with E-state index in [2.05, 4.69) is 5.32 Å². The van der Waals surface area contributed by atoms with E-state index in [0.717, 1.165) is 11.3 Å². The summed E-state index contributed by atoms with van der Waals surface area (Å²) in [6, 6.07) is 7.34. The van der Waals surface area contributed by atoms with E-state index in [1.165, 1.54) is 0 Å². The Hall–Kier alpha value is -2.04. The Morgan fingerprint density at radius 1 is 1.26 bits per heavy atom. The first-order valence-corrected chi connectivity index (χ1v) is 6.18. The van der Waals surface area contributed by atoms with Crippen LogP contribution in [0.1, 0.15) is 37.8 Å². The van der Waals surface area contributed by atoms with Crippen molar-refractivity contribution in [2.75, 3.05) is 7.11 Å². The Kier molecular flexibility index (Phi) is 5.85. The second-order valence-corrected chi connectivity index (χ2v) is 4.31. The summed E-state index contributed by atoms with van der Waals surface area (Å²) in [6.07, 6.45) is 0.605. The fourth-order valence-corrected chi connectivity index (χ4v) is 1.69. The quantitative estimate of drug-likeness (QED) is 0.792. The number of carbonyl (C=O) groups is 2. The van der Waals surface area contributed by atoms with Crippen LogP contribution in [0.3, 0.4) is 0 Å². The van der Waals surface area contributed by atoms with Gasteiger partial charge in [-0.25, -0.2) is 0 Å². The molecule has 0 aliphatic heterocycles. The number of hydrogen-bond donors (Lipinski definition) is 2. The first-order valence-electron chi connectivity index (χ1n) is 6.18. The van der Waals surface area contributed by atoms with Crippen LogP contribution < -0.4 is 10.1 Å². The molecule has 1 amide bonds. The van der Waals surface area contributed by atoms with Crippen molar-refractivity contribution in [1.82, 2.24) is 5.32 Å². The topological polar surface area (TPSA) is 75.6 Å². The number of benzene rings is 1. The van der Waals surface area contributed by atoms with Crippen molar-refractivity contribution in [3.8, 4) is 5.75 Å². The van der Waals surface area contributed by atoms with Gasteiger partial charge in [-0.2, -0.15) is 0 Å². The lowest BCUT2D eigenvalue weighted by Gasteiger charge is -2.14. The van der Waals surface area contributed by atoms with E-state index in [9.17, 15) is 9.59 Å². The highest BCUT2D eigenvalue weighted by atomic mass is 16.5. The van der Waals surface area contributed by atoms with Gasteiger partial charge in [0.05, 0.1) is 13.2 Å². The lowest BCUT2D eigenvalue weighted by Crippen LogP contribution is -2.26. The van der Waals surface area contributed by atoms with Crippen LogP contribution >= 0.6 is 0 Å². The molecule has 0 radical (unpaired) electrons. The first kappa shape index (κ1) is 15.0. The fourth-order valence-electron chi connectivity index (χ4n) is 1.69. The number of hydrogen-bond acceptors (Lipinski definition) is 3. The highest BCUT2D eigenvalue weighted by Gasteiger charge is 2.10. The summed E-state index contributed by atoms with van der Waals surface area (Å²) in [5, 5.41) is 11.3. The molecule has 0 fully saturated rings. The Balaban J connectivity index is 2.42. The summed E-state index contributed by atoms with van der Waals surface area (Å²) in [5.41, 5.74) is 0.979. The zero-order valence-corrected chi connectivity index (χ0v) is 11.2. The number of ether oxygens (including phenoxy) is 1. The molecule has 1 aromatic rings. The molecule has 1 aromatic carbocycles. The van der Waals surface area contributed by atoms with Crippen LogP contribution in [0, 0.1) is 0 Å². The molecule has 0 bridgehead atoms. The number of rotatable bonds is 7. The van der Waals surface area contributed by atoms with Crippen molar-refractivity contribution in [2.45, 2.75) is 32.2 Å².